The molecule has 0 radical (unpaired) electrons. The molecule has 1 aliphatic heterocycles. The summed E-state index contributed by atoms with van der Waals surface area (Å²) in [4.78, 5) is -0.0536. The second-order valence-electron chi connectivity index (χ2n) is 5.03. The van der Waals surface area contributed by atoms with E-state index in [1.54, 1.807) is 0 Å². The predicted octanol–water partition coefficient (Wildman–Crippen LogP) is 2.22. The summed E-state index contributed by atoms with van der Waals surface area (Å²) in [7, 11) is -3.62. The van der Waals surface area contributed by atoms with Crippen LogP contribution in [0.15, 0.2) is 23.1 Å². The maximum atomic E-state index is 13.3. The molecule has 2 N–H and O–H groups in total. The molecule has 2 rings (SSSR count). The van der Waals surface area contributed by atoms with Gasteiger partial charge in [-0.25, -0.2) is 12.8 Å². The Balaban J connectivity index is 2.23. The van der Waals surface area contributed by atoms with E-state index in [9.17, 15) is 12.8 Å². The largest absolute Gasteiger partial charge is 0.399 e. The molecule has 1 aromatic carbocycles. The number of halogens is 1. The summed E-state index contributed by atoms with van der Waals surface area (Å²) in [5.74, 6) is -0.214. The van der Waals surface area contributed by atoms with E-state index in [0.29, 0.717) is 19.0 Å². The summed E-state index contributed by atoms with van der Waals surface area (Å²) in [5, 5.41) is 0. The Kier molecular flexibility index (Phi) is 4.10. The van der Waals surface area contributed by atoms with E-state index in [1.165, 1.54) is 10.4 Å². The van der Waals surface area contributed by atoms with Crippen LogP contribution in [-0.4, -0.2) is 25.8 Å². The number of nitrogens with zero attached hydrogens (tertiary/aromatic N) is 1. The number of nitrogens with two attached hydrogens (primary N) is 1. The lowest BCUT2D eigenvalue weighted by Gasteiger charge is -2.17. The summed E-state index contributed by atoms with van der Waals surface area (Å²) < 4.78 is 39.5. The summed E-state index contributed by atoms with van der Waals surface area (Å²) in [6.07, 6.45) is 2.95. The van der Waals surface area contributed by atoms with Crippen molar-refractivity contribution in [3.63, 3.8) is 0 Å². The van der Waals surface area contributed by atoms with E-state index >= 15 is 0 Å². The lowest BCUT2D eigenvalue weighted by molar-refractivity contribution is 0.444. The lowest BCUT2D eigenvalue weighted by Crippen LogP contribution is -2.29. The molecule has 19 heavy (non-hydrogen) atoms. The number of rotatable bonds is 4. The van der Waals surface area contributed by atoms with Crippen molar-refractivity contribution in [3.8, 4) is 0 Å². The van der Waals surface area contributed by atoms with Gasteiger partial charge in [0.25, 0.3) is 0 Å². The fourth-order valence-corrected chi connectivity index (χ4v) is 4.14. The van der Waals surface area contributed by atoms with Crippen LogP contribution in [0.25, 0.3) is 0 Å². The summed E-state index contributed by atoms with van der Waals surface area (Å²) in [6, 6.07) is 3.45. The van der Waals surface area contributed by atoms with Gasteiger partial charge in [0.05, 0.1) is 4.90 Å². The number of nitrogen functional groups attached to an aromatic ring is 1. The Hall–Kier alpha value is -1.14. The molecule has 1 saturated heterocycles. The van der Waals surface area contributed by atoms with Crippen molar-refractivity contribution in [1.29, 1.82) is 0 Å². The van der Waals surface area contributed by atoms with Gasteiger partial charge in [0.15, 0.2) is 0 Å². The molecule has 1 heterocycles. The molecule has 1 unspecified atom stereocenters. The fraction of sp³-hybridized carbons (Fsp3) is 0.538. The number of anilines is 1. The van der Waals surface area contributed by atoms with Crippen molar-refractivity contribution in [1.82, 2.24) is 4.31 Å². The van der Waals surface area contributed by atoms with E-state index in [1.807, 2.05) is 0 Å². The molecule has 1 aromatic rings. The van der Waals surface area contributed by atoms with Gasteiger partial charge in [-0.1, -0.05) is 13.3 Å². The van der Waals surface area contributed by atoms with Crippen LogP contribution in [0.1, 0.15) is 26.2 Å². The smallest absolute Gasteiger partial charge is 0.243 e. The molecule has 0 aromatic heterocycles. The van der Waals surface area contributed by atoms with E-state index in [-0.39, 0.29) is 10.6 Å². The SMILES string of the molecule is CCCC1CCN(S(=O)(=O)c2cc(N)cc(F)c2)C1. The normalized spacial score (nSPS) is 20.8. The van der Waals surface area contributed by atoms with Crippen molar-refractivity contribution in [3.05, 3.63) is 24.0 Å². The molecule has 0 aliphatic carbocycles. The molecule has 106 valence electrons. The van der Waals surface area contributed by atoms with Gasteiger partial charge in [-0.05, 0) is 37.0 Å². The zero-order valence-electron chi connectivity index (χ0n) is 11.0. The minimum atomic E-state index is -3.62. The highest BCUT2D eigenvalue weighted by Crippen LogP contribution is 2.27. The third-order valence-corrected chi connectivity index (χ3v) is 5.32. The standard InChI is InChI=1S/C13H19FN2O2S/c1-2-3-10-4-5-16(9-10)19(17,18)13-7-11(14)6-12(15)8-13/h6-8,10H,2-5,9,15H2,1H3. The van der Waals surface area contributed by atoms with Crippen LogP contribution in [0.3, 0.4) is 0 Å². The lowest BCUT2D eigenvalue weighted by atomic mass is 10.0. The molecule has 0 saturated carbocycles. The average Bonchev–Trinajstić information content (AvgIpc) is 2.77. The summed E-state index contributed by atoms with van der Waals surface area (Å²) in [5.41, 5.74) is 5.63. The van der Waals surface area contributed by atoms with Crippen LogP contribution in [-0.2, 0) is 10.0 Å². The minimum Gasteiger partial charge on any atom is -0.399 e. The molecule has 1 atom stereocenters. The van der Waals surface area contributed by atoms with Crippen molar-refractivity contribution in [2.45, 2.75) is 31.1 Å². The molecule has 6 heteroatoms. The maximum Gasteiger partial charge on any atom is 0.243 e. The zero-order valence-corrected chi connectivity index (χ0v) is 11.8. The molecule has 4 nitrogen and oxygen atoms in total. The Labute approximate surface area is 113 Å². The van der Waals surface area contributed by atoms with Gasteiger partial charge in [0, 0.05) is 18.8 Å². The Morgan fingerprint density at radius 2 is 2.16 bits per heavy atom. The molecule has 0 spiro atoms. The van der Waals surface area contributed by atoms with Gasteiger partial charge in [-0.15, -0.1) is 0 Å². The van der Waals surface area contributed by atoms with Gasteiger partial charge < -0.3 is 5.73 Å². The average molecular weight is 286 g/mol. The van der Waals surface area contributed by atoms with E-state index < -0.39 is 15.8 Å². The first-order valence-electron chi connectivity index (χ1n) is 6.49. The third kappa shape index (κ3) is 3.06. The number of benzene rings is 1. The van der Waals surface area contributed by atoms with Crippen LogP contribution in [0.4, 0.5) is 10.1 Å². The summed E-state index contributed by atoms with van der Waals surface area (Å²) >= 11 is 0. The molecule has 1 fully saturated rings. The van der Waals surface area contributed by atoms with Crippen LogP contribution >= 0.6 is 0 Å². The fourth-order valence-electron chi connectivity index (χ4n) is 2.54. The van der Waals surface area contributed by atoms with Gasteiger partial charge in [-0.3, -0.25) is 0 Å². The summed E-state index contributed by atoms with van der Waals surface area (Å²) in [6.45, 7) is 3.11. The van der Waals surface area contributed by atoms with Crippen molar-refractivity contribution < 1.29 is 12.8 Å². The second kappa shape index (κ2) is 5.46. The highest BCUT2D eigenvalue weighted by Gasteiger charge is 2.32. The van der Waals surface area contributed by atoms with Crippen LogP contribution in [0.2, 0.25) is 0 Å². The number of hydrogen-bond donors (Lipinski definition) is 1. The Bertz CT molecular complexity index is 540. The molecule has 1 aliphatic rings. The van der Waals surface area contributed by atoms with E-state index in [0.717, 1.165) is 31.4 Å². The monoisotopic (exact) mass is 286 g/mol. The number of hydrogen-bond acceptors (Lipinski definition) is 3. The first-order valence-corrected chi connectivity index (χ1v) is 7.93. The van der Waals surface area contributed by atoms with Gasteiger partial charge in [-0.2, -0.15) is 4.31 Å². The van der Waals surface area contributed by atoms with Crippen LogP contribution in [0.5, 0.6) is 0 Å². The highest BCUT2D eigenvalue weighted by atomic mass is 32.2. The first-order chi connectivity index (χ1) is 8.93. The third-order valence-electron chi connectivity index (χ3n) is 3.48. The zero-order chi connectivity index (χ0) is 14.0. The van der Waals surface area contributed by atoms with Crippen LogP contribution < -0.4 is 5.73 Å². The topological polar surface area (TPSA) is 63.4 Å². The highest BCUT2D eigenvalue weighted by molar-refractivity contribution is 7.89. The Morgan fingerprint density at radius 1 is 1.42 bits per heavy atom. The van der Waals surface area contributed by atoms with Crippen molar-refractivity contribution >= 4 is 15.7 Å². The van der Waals surface area contributed by atoms with E-state index in [4.69, 9.17) is 5.73 Å². The maximum absolute atomic E-state index is 13.3. The second-order valence-corrected chi connectivity index (χ2v) is 6.96. The molecule has 0 bridgehead atoms. The van der Waals surface area contributed by atoms with Crippen molar-refractivity contribution in [2.75, 3.05) is 18.8 Å². The van der Waals surface area contributed by atoms with Gasteiger partial charge in [0.1, 0.15) is 5.82 Å². The minimum absolute atomic E-state index is 0.0536. The predicted molar refractivity (Wildman–Crippen MR) is 72.6 cm³/mol. The molecular weight excluding hydrogens is 267 g/mol. The Morgan fingerprint density at radius 3 is 2.79 bits per heavy atom. The number of sulfonamides is 1. The molecule has 0 amide bonds. The molecular formula is C13H19FN2O2S. The first kappa shape index (κ1) is 14.3. The van der Waals surface area contributed by atoms with Crippen molar-refractivity contribution in [2.24, 2.45) is 5.92 Å². The van der Waals surface area contributed by atoms with Crippen LogP contribution in [0, 0.1) is 11.7 Å². The quantitative estimate of drug-likeness (QED) is 0.863. The van der Waals surface area contributed by atoms with Gasteiger partial charge >= 0.3 is 0 Å². The van der Waals surface area contributed by atoms with Gasteiger partial charge in [0.2, 0.25) is 10.0 Å². The van der Waals surface area contributed by atoms with E-state index in [2.05, 4.69) is 6.92 Å².